The van der Waals surface area contributed by atoms with Crippen molar-refractivity contribution >= 4 is 39.1 Å². The maximum atomic E-state index is 13.4. The summed E-state index contributed by atoms with van der Waals surface area (Å²) in [7, 11) is -4.19. The SMILES string of the molecule is C[C@H](C(=O)NC(C)(C)C)N(Cc1ccccc1)C(=O)CN(c1ccc(Cl)c(C(F)(F)F)c1)S(C)(=O)=O. The molecule has 36 heavy (non-hydrogen) atoms. The lowest BCUT2D eigenvalue weighted by atomic mass is 10.1. The van der Waals surface area contributed by atoms with Crippen LogP contribution >= 0.6 is 11.6 Å². The Kier molecular flexibility index (Phi) is 9.06. The van der Waals surface area contributed by atoms with E-state index >= 15 is 0 Å². The molecular formula is C24H29ClF3N3O4S. The third kappa shape index (κ3) is 8.12. The van der Waals surface area contributed by atoms with Crippen LogP contribution in [0.5, 0.6) is 0 Å². The first-order valence-electron chi connectivity index (χ1n) is 10.9. The lowest BCUT2D eigenvalue weighted by molar-refractivity contribution is -0.140. The van der Waals surface area contributed by atoms with Crippen molar-refractivity contribution in [1.82, 2.24) is 10.2 Å². The van der Waals surface area contributed by atoms with Crippen LogP contribution < -0.4 is 9.62 Å². The third-order valence-electron chi connectivity index (χ3n) is 5.08. The molecule has 0 saturated carbocycles. The zero-order valence-corrected chi connectivity index (χ0v) is 22.1. The Labute approximate surface area is 214 Å². The van der Waals surface area contributed by atoms with Gasteiger partial charge in [0.05, 0.1) is 22.5 Å². The largest absolute Gasteiger partial charge is 0.417 e. The van der Waals surface area contributed by atoms with Gasteiger partial charge >= 0.3 is 6.18 Å². The van der Waals surface area contributed by atoms with E-state index in [9.17, 15) is 31.2 Å². The second-order valence-corrected chi connectivity index (χ2v) is 11.7. The highest BCUT2D eigenvalue weighted by Crippen LogP contribution is 2.37. The second-order valence-electron chi connectivity index (χ2n) is 9.35. The van der Waals surface area contributed by atoms with Crippen LogP contribution in [-0.2, 0) is 32.3 Å². The van der Waals surface area contributed by atoms with Crippen LogP contribution in [0.15, 0.2) is 48.5 Å². The number of nitrogens with zero attached hydrogens (tertiary/aromatic N) is 2. The summed E-state index contributed by atoms with van der Waals surface area (Å²) in [5.41, 5.74) is -1.53. The van der Waals surface area contributed by atoms with E-state index in [1.54, 1.807) is 51.1 Å². The third-order valence-corrected chi connectivity index (χ3v) is 6.55. The summed E-state index contributed by atoms with van der Waals surface area (Å²) in [5, 5.41) is 2.17. The molecule has 1 N–H and O–H groups in total. The van der Waals surface area contributed by atoms with Gasteiger partial charge in [0.2, 0.25) is 21.8 Å². The summed E-state index contributed by atoms with van der Waals surface area (Å²) < 4.78 is 65.8. The summed E-state index contributed by atoms with van der Waals surface area (Å²) in [4.78, 5) is 27.5. The van der Waals surface area contributed by atoms with E-state index in [1.807, 2.05) is 0 Å². The van der Waals surface area contributed by atoms with Crippen molar-refractivity contribution in [3.63, 3.8) is 0 Å². The first kappa shape index (κ1) is 29.4. The monoisotopic (exact) mass is 547 g/mol. The maximum absolute atomic E-state index is 13.4. The van der Waals surface area contributed by atoms with Gasteiger partial charge in [-0.15, -0.1) is 0 Å². The highest BCUT2D eigenvalue weighted by Gasteiger charge is 2.36. The van der Waals surface area contributed by atoms with Gasteiger partial charge in [0.15, 0.2) is 0 Å². The van der Waals surface area contributed by atoms with Gasteiger partial charge in [0.25, 0.3) is 0 Å². The van der Waals surface area contributed by atoms with E-state index < -0.39 is 56.7 Å². The van der Waals surface area contributed by atoms with E-state index in [0.29, 0.717) is 15.9 Å². The minimum Gasteiger partial charge on any atom is -0.350 e. The van der Waals surface area contributed by atoms with Gasteiger partial charge in [0, 0.05) is 12.1 Å². The Morgan fingerprint density at radius 1 is 1.06 bits per heavy atom. The average molecular weight is 548 g/mol. The molecule has 12 heteroatoms. The van der Waals surface area contributed by atoms with E-state index in [4.69, 9.17) is 11.6 Å². The number of halogens is 4. The number of anilines is 1. The minimum atomic E-state index is -4.83. The van der Waals surface area contributed by atoms with Gasteiger partial charge in [-0.3, -0.25) is 13.9 Å². The van der Waals surface area contributed by atoms with Crippen LogP contribution in [0.4, 0.5) is 18.9 Å². The lowest BCUT2D eigenvalue weighted by Gasteiger charge is -2.33. The number of carbonyl (C=O) groups excluding carboxylic acids is 2. The Hall–Kier alpha value is -2.79. The quantitative estimate of drug-likeness (QED) is 0.529. The number of hydrogen-bond donors (Lipinski definition) is 1. The zero-order valence-electron chi connectivity index (χ0n) is 20.6. The molecule has 2 aromatic carbocycles. The normalized spacial score (nSPS) is 13.1. The Morgan fingerprint density at radius 2 is 1.64 bits per heavy atom. The molecule has 0 aliphatic carbocycles. The molecule has 0 aliphatic rings. The standard InChI is InChI=1S/C24H29ClF3N3O4S/c1-16(22(33)29-23(2,3)4)30(14-17-9-7-6-8-10-17)21(32)15-31(36(5,34)35)18-11-12-20(25)19(13-18)24(26,27)28/h6-13,16H,14-15H2,1-5H3,(H,29,33)/t16-/m1/s1. The Bertz CT molecular complexity index is 1200. The number of amides is 2. The summed E-state index contributed by atoms with van der Waals surface area (Å²) in [6, 6.07) is 10.3. The number of nitrogens with one attached hydrogen (secondary N) is 1. The predicted octanol–water partition coefficient (Wildman–Crippen LogP) is 4.46. The topological polar surface area (TPSA) is 86.8 Å². The van der Waals surface area contributed by atoms with Gasteiger partial charge in [0.1, 0.15) is 12.6 Å². The molecule has 0 bridgehead atoms. The van der Waals surface area contributed by atoms with E-state index in [0.717, 1.165) is 18.4 Å². The van der Waals surface area contributed by atoms with Crippen LogP contribution in [0.2, 0.25) is 5.02 Å². The molecule has 0 radical (unpaired) electrons. The van der Waals surface area contributed by atoms with E-state index in [-0.39, 0.29) is 12.2 Å². The molecule has 7 nitrogen and oxygen atoms in total. The molecule has 0 spiro atoms. The molecule has 2 rings (SSSR count). The van der Waals surface area contributed by atoms with Crippen molar-refractivity contribution < 1.29 is 31.2 Å². The summed E-state index contributed by atoms with van der Waals surface area (Å²) in [6.45, 7) is 5.96. The number of benzene rings is 2. The summed E-state index contributed by atoms with van der Waals surface area (Å²) >= 11 is 5.67. The second kappa shape index (κ2) is 11.1. The van der Waals surface area contributed by atoms with Gasteiger partial charge in [-0.05, 0) is 51.5 Å². The van der Waals surface area contributed by atoms with Gasteiger partial charge in [-0.2, -0.15) is 13.2 Å². The average Bonchev–Trinajstić information content (AvgIpc) is 2.73. The molecule has 2 amide bonds. The molecule has 0 heterocycles. The highest BCUT2D eigenvalue weighted by atomic mass is 35.5. The number of carbonyl (C=O) groups is 2. The first-order valence-corrected chi connectivity index (χ1v) is 13.1. The molecule has 2 aromatic rings. The molecule has 198 valence electrons. The van der Waals surface area contributed by atoms with Crippen molar-refractivity contribution in [3.05, 3.63) is 64.7 Å². The van der Waals surface area contributed by atoms with E-state index in [1.165, 1.54) is 11.8 Å². The molecule has 1 atom stereocenters. The number of sulfonamides is 1. The fourth-order valence-electron chi connectivity index (χ4n) is 3.34. The molecule has 0 fully saturated rings. The zero-order chi connectivity index (χ0) is 27.5. The smallest absolute Gasteiger partial charge is 0.350 e. The Balaban J connectivity index is 2.47. The van der Waals surface area contributed by atoms with Gasteiger partial charge in [-0.25, -0.2) is 8.42 Å². The van der Waals surface area contributed by atoms with Crippen molar-refractivity contribution in [2.24, 2.45) is 0 Å². The van der Waals surface area contributed by atoms with Crippen LogP contribution in [0, 0.1) is 0 Å². The van der Waals surface area contributed by atoms with Crippen LogP contribution in [0.3, 0.4) is 0 Å². The van der Waals surface area contributed by atoms with Crippen LogP contribution in [0.25, 0.3) is 0 Å². The van der Waals surface area contributed by atoms with Gasteiger partial charge in [-0.1, -0.05) is 41.9 Å². The fraction of sp³-hybridized carbons (Fsp3) is 0.417. The number of hydrogen-bond acceptors (Lipinski definition) is 4. The van der Waals surface area contributed by atoms with E-state index in [2.05, 4.69) is 5.32 Å². The predicted molar refractivity (Wildman–Crippen MR) is 133 cm³/mol. The van der Waals surface area contributed by atoms with Crippen LogP contribution in [0.1, 0.15) is 38.8 Å². The lowest BCUT2D eigenvalue weighted by Crippen LogP contribution is -2.54. The summed E-state index contributed by atoms with van der Waals surface area (Å²) in [6.07, 6.45) is -4.06. The molecule has 0 unspecified atom stereocenters. The number of alkyl halides is 3. The number of rotatable bonds is 8. The molecule has 0 aliphatic heterocycles. The fourth-order valence-corrected chi connectivity index (χ4v) is 4.40. The molecular weight excluding hydrogens is 519 g/mol. The van der Waals surface area contributed by atoms with Crippen molar-refractivity contribution in [3.8, 4) is 0 Å². The van der Waals surface area contributed by atoms with Crippen molar-refractivity contribution in [1.29, 1.82) is 0 Å². The molecule has 0 saturated heterocycles. The van der Waals surface area contributed by atoms with Crippen molar-refractivity contribution in [2.45, 2.75) is 52.0 Å². The molecule has 0 aromatic heterocycles. The van der Waals surface area contributed by atoms with Crippen molar-refractivity contribution in [2.75, 3.05) is 17.1 Å². The summed E-state index contributed by atoms with van der Waals surface area (Å²) in [5.74, 6) is -1.24. The highest BCUT2D eigenvalue weighted by molar-refractivity contribution is 7.92. The maximum Gasteiger partial charge on any atom is 0.417 e. The minimum absolute atomic E-state index is 0.0234. The Morgan fingerprint density at radius 3 is 2.14 bits per heavy atom. The van der Waals surface area contributed by atoms with Crippen LogP contribution in [-0.4, -0.2) is 49.5 Å². The first-order chi connectivity index (χ1) is 16.4. The van der Waals surface area contributed by atoms with Gasteiger partial charge < -0.3 is 10.2 Å².